The number of aliphatic hydroxyl groups is 6. The Bertz CT molecular complexity index is 465. The summed E-state index contributed by atoms with van der Waals surface area (Å²) in [6.45, 7) is -0.433. The molecule has 2 aliphatic rings. The molecule has 0 aromatic rings. The standard InChI is InChI=1S/C14H25NO10/c1-6(18)15-14(22)5-23-9(4-17)12(13(14)21)25-10-2-7(19)11(20)8(3-16)24-10/h7-13,16-17,19-22H,2-5H2,1H3,(H,15,18)/t7-,8-,9-,10+,11-,12-,13+,14+/m1/s1. The quantitative estimate of drug-likeness (QED) is 0.235. The Balaban J connectivity index is 2.12. The van der Waals surface area contributed by atoms with Gasteiger partial charge in [0.15, 0.2) is 12.0 Å². The predicted octanol–water partition coefficient (Wildman–Crippen LogP) is -4.22. The first kappa shape index (κ1) is 20.4. The minimum atomic E-state index is -2.13. The third-order valence-electron chi connectivity index (χ3n) is 4.28. The SMILES string of the molecule is CC(=O)N[C@]1(O)CO[C@H](CO)[C@@H](O[C@H]2C[C@@H](O)[C@@H](O)[C@@H](CO)O2)[C@@H]1O. The van der Waals surface area contributed by atoms with Crippen LogP contribution >= 0.6 is 0 Å². The van der Waals surface area contributed by atoms with E-state index in [0.717, 1.165) is 6.92 Å². The van der Waals surface area contributed by atoms with Crippen molar-refractivity contribution in [2.24, 2.45) is 0 Å². The van der Waals surface area contributed by atoms with Crippen molar-refractivity contribution in [3.63, 3.8) is 0 Å². The Morgan fingerprint density at radius 2 is 1.88 bits per heavy atom. The van der Waals surface area contributed by atoms with Gasteiger partial charge in [0.05, 0.1) is 25.9 Å². The van der Waals surface area contributed by atoms with Crippen molar-refractivity contribution in [1.82, 2.24) is 5.32 Å². The number of aliphatic hydroxyl groups excluding tert-OH is 5. The third-order valence-corrected chi connectivity index (χ3v) is 4.28. The van der Waals surface area contributed by atoms with Gasteiger partial charge in [0.25, 0.3) is 0 Å². The van der Waals surface area contributed by atoms with Crippen LogP contribution in [0.2, 0.25) is 0 Å². The molecule has 25 heavy (non-hydrogen) atoms. The Morgan fingerprint density at radius 3 is 2.44 bits per heavy atom. The average Bonchev–Trinajstić information content (AvgIpc) is 2.54. The van der Waals surface area contributed by atoms with Gasteiger partial charge in [-0.05, 0) is 0 Å². The van der Waals surface area contributed by atoms with Crippen molar-refractivity contribution in [2.75, 3.05) is 19.8 Å². The van der Waals surface area contributed by atoms with Crippen LogP contribution in [0.1, 0.15) is 13.3 Å². The van der Waals surface area contributed by atoms with Crippen molar-refractivity contribution in [3.8, 4) is 0 Å². The summed E-state index contributed by atoms with van der Waals surface area (Å²) in [6.07, 6.45) is -8.95. The molecule has 0 saturated carbocycles. The Labute approximate surface area is 143 Å². The summed E-state index contributed by atoms with van der Waals surface area (Å²) in [6, 6.07) is 0. The molecule has 0 spiro atoms. The van der Waals surface area contributed by atoms with Crippen LogP contribution in [0.15, 0.2) is 0 Å². The first-order valence-corrected chi connectivity index (χ1v) is 7.91. The van der Waals surface area contributed by atoms with Gasteiger partial charge in [-0.15, -0.1) is 0 Å². The predicted molar refractivity (Wildman–Crippen MR) is 78.8 cm³/mol. The van der Waals surface area contributed by atoms with E-state index in [1.54, 1.807) is 0 Å². The van der Waals surface area contributed by atoms with E-state index in [1.807, 2.05) is 0 Å². The highest BCUT2D eigenvalue weighted by Crippen LogP contribution is 2.29. The van der Waals surface area contributed by atoms with Gasteiger partial charge < -0.3 is 50.2 Å². The van der Waals surface area contributed by atoms with Gasteiger partial charge in [-0.25, -0.2) is 0 Å². The lowest BCUT2D eigenvalue weighted by atomic mass is 9.94. The number of rotatable bonds is 5. The Kier molecular flexibility index (Phi) is 6.70. The van der Waals surface area contributed by atoms with E-state index < -0.39 is 74.4 Å². The number of carbonyl (C=O) groups is 1. The summed E-state index contributed by atoms with van der Waals surface area (Å²) in [7, 11) is 0. The number of hydrogen-bond donors (Lipinski definition) is 7. The third kappa shape index (κ3) is 4.45. The highest BCUT2D eigenvalue weighted by atomic mass is 16.7. The maximum atomic E-state index is 11.2. The van der Waals surface area contributed by atoms with E-state index in [0.29, 0.717) is 0 Å². The van der Waals surface area contributed by atoms with Crippen molar-refractivity contribution in [2.45, 2.75) is 62.0 Å². The summed E-state index contributed by atoms with van der Waals surface area (Å²) in [5, 5.41) is 61.1. The summed E-state index contributed by atoms with van der Waals surface area (Å²) >= 11 is 0. The first-order valence-electron chi connectivity index (χ1n) is 7.91. The van der Waals surface area contributed by atoms with Crippen LogP contribution in [-0.2, 0) is 19.0 Å². The molecule has 7 N–H and O–H groups in total. The van der Waals surface area contributed by atoms with Gasteiger partial charge >= 0.3 is 0 Å². The lowest BCUT2D eigenvalue weighted by Gasteiger charge is -2.46. The number of amides is 1. The molecular formula is C14H25NO10. The molecule has 1 amide bonds. The van der Waals surface area contributed by atoms with Crippen molar-refractivity contribution in [3.05, 3.63) is 0 Å². The van der Waals surface area contributed by atoms with Crippen LogP contribution in [0.25, 0.3) is 0 Å². The number of nitrogens with one attached hydrogen (secondary N) is 1. The van der Waals surface area contributed by atoms with E-state index >= 15 is 0 Å². The normalized spacial score (nSPS) is 45.2. The highest BCUT2D eigenvalue weighted by Gasteiger charge is 2.51. The first-order chi connectivity index (χ1) is 11.7. The zero-order valence-electron chi connectivity index (χ0n) is 13.7. The van der Waals surface area contributed by atoms with Gasteiger partial charge in [0.1, 0.15) is 30.5 Å². The number of carbonyl (C=O) groups excluding carboxylic acids is 1. The fourth-order valence-electron chi connectivity index (χ4n) is 2.95. The minimum Gasteiger partial charge on any atom is -0.394 e. The fourth-order valence-corrected chi connectivity index (χ4v) is 2.95. The molecule has 11 nitrogen and oxygen atoms in total. The van der Waals surface area contributed by atoms with Crippen molar-refractivity contribution < 1.29 is 49.6 Å². The molecule has 0 aliphatic carbocycles. The molecule has 2 saturated heterocycles. The van der Waals surface area contributed by atoms with E-state index in [2.05, 4.69) is 5.32 Å². The summed E-state index contributed by atoms with van der Waals surface area (Å²) < 4.78 is 16.1. The van der Waals surface area contributed by atoms with Gasteiger partial charge in [-0.2, -0.15) is 0 Å². The molecule has 2 rings (SSSR count). The largest absolute Gasteiger partial charge is 0.394 e. The Hall–Kier alpha value is -0.890. The number of hydrogen-bond acceptors (Lipinski definition) is 10. The highest BCUT2D eigenvalue weighted by molar-refractivity contribution is 5.73. The second kappa shape index (κ2) is 8.20. The smallest absolute Gasteiger partial charge is 0.219 e. The molecule has 0 radical (unpaired) electrons. The molecule has 2 aliphatic heterocycles. The van der Waals surface area contributed by atoms with E-state index in [-0.39, 0.29) is 6.42 Å². The van der Waals surface area contributed by atoms with Crippen molar-refractivity contribution in [1.29, 1.82) is 0 Å². The van der Waals surface area contributed by atoms with Crippen molar-refractivity contribution >= 4 is 5.91 Å². The molecular weight excluding hydrogens is 342 g/mol. The fraction of sp³-hybridized carbons (Fsp3) is 0.929. The Morgan fingerprint density at radius 1 is 1.24 bits per heavy atom. The van der Waals surface area contributed by atoms with Crippen LogP contribution in [0.4, 0.5) is 0 Å². The molecule has 8 atom stereocenters. The van der Waals surface area contributed by atoms with Gasteiger partial charge in [0, 0.05) is 13.3 Å². The molecule has 146 valence electrons. The van der Waals surface area contributed by atoms with Gasteiger partial charge in [0.2, 0.25) is 5.91 Å². The minimum absolute atomic E-state index is 0.169. The summed E-state index contributed by atoms with van der Waals surface area (Å²) in [5.41, 5.74) is -2.13. The van der Waals surface area contributed by atoms with Crippen LogP contribution in [0.5, 0.6) is 0 Å². The lowest BCUT2D eigenvalue weighted by Crippen LogP contribution is -2.70. The molecule has 0 aromatic heterocycles. The topological polar surface area (TPSA) is 178 Å². The molecule has 11 heteroatoms. The monoisotopic (exact) mass is 367 g/mol. The van der Waals surface area contributed by atoms with E-state index in [1.165, 1.54) is 0 Å². The zero-order valence-corrected chi connectivity index (χ0v) is 13.7. The van der Waals surface area contributed by atoms with E-state index in [4.69, 9.17) is 14.2 Å². The molecule has 2 heterocycles. The van der Waals surface area contributed by atoms with Crippen LogP contribution in [0, 0.1) is 0 Å². The maximum absolute atomic E-state index is 11.2. The van der Waals surface area contributed by atoms with Crippen LogP contribution < -0.4 is 5.32 Å². The van der Waals surface area contributed by atoms with E-state index in [9.17, 15) is 35.4 Å². The zero-order chi connectivity index (χ0) is 18.8. The van der Waals surface area contributed by atoms with Gasteiger partial charge in [-0.3, -0.25) is 4.79 Å². The maximum Gasteiger partial charge on any atom is 0.219 e. The molecule has 2 fully saturated rings. The second-order valence-corrected chi connectivity index (χ2v) is 6.26. The lowest BCUT2D eigenvalue weighted by molar-refractivity contribution is -0.321. The second-order valence-electron chi connectivity index (χ2n) is 6.26. The molecule has 0 bridgehead atoms. The summed E-state index contributed by atoms with van der Waals surface area (Å²) in [5.74, 6) is -0.612. The van der Waals surface area contributed by atoms with Gasteiger partial charge in [-0.1, -0.05) is 0 Å². The van der Waals surface area contributed by atoms with Crippen LogP contribution in [0.3, 0.4) is 0 Å². The number of ether oxygens (including phenoxy) is 3. The average molecular weight is 367 g/mol. The summed E-state index contributed by atoms with van der Waals surface area (Å²) in [4.78, 5) is 11.2. The molecule has 0 unspecified atom stereocenters. The van der Waals surface area contributed by atoms with Crippen LogP contribution in [-0.4, -0.2) is 105 Å². The molecule has 0 aromatic carbocycles.